The number of aromatic nitrogens is 5. The molecule has 0 spiro atoms. The fourth-order valence-electron chi connectivity index (χ4n) is 2.75. The fraction of sp³-hybridized carbons (Fsp3) is 0.111. The minimum Gasteiger partial charge on any atom is -0.363 e. The maximum atomic E-state index is 14.4. The van der Waals surface area contributed by atoms with E-state index in [1.54, 1.807) is 37.9 Å². The lowest BCUT2D eigenvalue weighted by Crippen LogP contribution is -2.27. The van der Waals surface area contributed by atoms with Crippen LogP contribution in [-0.4, -0.2) is 32.2 Å². The predicted octanol–water partition coefficient (Wildman–Crippen LogP) is 2.48. The highest BCUT2D eigenvalue weighted by Crippen LogP contribution is 2.25. The van der Waals surface area contributed by atoms with Crippen molar-refractivity contribution in [3.63, 3.8) is 0 Å². The van der Waals surface area contributed by atoms with Gasteiger partial charge in [0, 0.05) is 48.6 Å². The highest BCUT2D eigenvalue weighted by Gasteiger charge is 2.13. The number of hydrogen-bond donors (Lipinski definition) is 3. The van der Waals surface area contributed by atoms with Crippen molar-refractivity contribution in [2.45, 2.75) is 6.54 Å². The number of benzene rings is 1. The molecule has 3 heterocycles. The first-order chi connectivity index (χ1) is 13.1. The Morgan fingerprint density at radius 2 is 2.15 bits per heavy atom. The summed E-state index contributed by atoms with van der Waals surface area (Å²) in [5.41, 5.74) is 2.53. The number of fused-ring (bicyclic) bond motifs is 1. The third kappa shape index (κ3) is 3.40. The summed E-state index contributed by atoms with van der Waals surface area (Å²) in [4.78, 5) is 13.1. The van der Waals surface area contributed by atoms with E-state index in [4.69, 9.17) is 5.84 Å². The summed E-state index contributed by atoms with van der Waals surface area (Å²) in [6, 6.07) is 6.90. The molecule has 4 rings (SSSR count). The molecule has 4 aromatic rings. The molecule has 0 atom stereocenters. The molecule has 0 saturated heterocycles. The summed E-state index contributed by atoms with van der Waals surface area (Å²) in [7, 11) is 1.66. The Hall–Kier alpha value is -3.59. The van der Waals surface area contributed by atoms with E-state index in [0.717, 1.165) is 10.9 Å². The molecule has 0 bridgehead atoms. The molecule has 8 nitrogen and oxygen atoms in total. The number of pyridine rings is 1. The van der Waals surface area contributed by atoms with Crippen LogP contribution in [0.4, 0.5) is 16.0 Å². The maximum Gasteiger partial charge on any atom is 0.185 e. The Morgan fingerprint density at radius 3 is 2.93 bits per heavy atom. The van der Waals surface area contributed by atoms with Crippen LogP contribution in [0.1, 0.15) is 5.56 Å². The van der Waals surface area contributed by atoms with E-state index in [-0.39, 0.29) is 12.4 Å². The van der Waals surface area contributed by atoms with E-state index in [0.29, 0.717) is 28.4 Å². The van der Waals surface area contributed by atoms with Crippen LogP contribution >= 0.6 is 0 Å². The van der Waals surface area contributed by atoms with Crippen LogP contribution in [0.15, 0.2) is 49.1 Å². The predicted molar refractivity (Wildman–Crippen MR) is 101 cm³/mol. The molecule has 1 aromatic carbocycles. The van der Waals surface area contributed by atoms with Gasteiger partial charge in [-0.05, 0) is 12.1 Å². The van der Waals surface area contributed by atoms with Gasteiger partial charge in [-0.2, -0.15) is 5.10 Å². The molecule has 0 saturated carbocycles. The van der Waals surface area contributed by atoms with Gasteiger partial charge in [-0.25, -0.2) is 20.2 Å². The number of hydrogen-bond acceptors (Lipinski definition) is 7. The van der Waals surface area contributed by atoms with Crippen molar-refractivity contribution in [1.82, 2.24) is 25.1 Å². The number of aromatic amines is 1. The van der Waals surface area contributed by atoms with Crippen molar-refractivity contribution in [3.8, 4) is 11.3 Å². The SMILES string of the molecule is CN(N)c1ncc(-c2cn[nH]c2)nc1NCc1cc2cccnc2cc1F. The van der Waals surface area contributed by atoms with E-state index >= 15 is 0 Å². The van der Waals surface area contributed by atoms with Gasteiger partial charge in [0.1, 0.15) is 5.82 Å². The van der Waals surface area contributed by atoms with Crippen molar-refractivity contribution in [2.24, 2.45) is 5.84 Å². The van der Waals surface area contributed by atoms with Crippen molar-refractivity contribution in [1.29, 1.82) is 0 Å². The van der Waals surface area contributed by atoms with E-state index in [2.05, 4.69) is 30.5 Å². The molecule has 0 aliphatic heterocycles. The van der Waals surface area contributed by atoms with Gasteiger partial charge in [0.2, 0.25) is 0 Å². The van der Waals surface area contributed by atoms with Crippen LogP contribution in [0.2, 0.25) is 0 Å². The molecule has 4 N–H and O–H groups in total. The number of rotatable bonds is 5. The number of nitrogens with two attached hydrogens (primary N) is 1. The Labute approximate surface area is 154 Å². The van der Waals surface area contributed by atoms with Gasteiger partial charge < -0.3 is 5.32 Å². The average molecular weight is 364 g/mol. The fourth-order valence-corrected chi connectivity index (χ4v) is 2.75. The number of hydrazine groups is 1. The van der Waals surface area contributed by atoms with Crippen molar-refractivity contribution < 1.29 is 4.39 Å². The van der Waals surface area contributed by atoms with Crippen LogP contribution < -0.4 is 16.2 Å². The van der Waals surface area contributed by atoms with E-state index in [1.807, 2.05) is 12.1 Å². The molecule has 0 aliphatic carbocycles. The Kier molecular flexibility index (Phi) is 4.35. The first-order valence-corrected chi connectivity index (χ1v) is 8.23. The number of nitrogens with one attached hydrogen (secondary N) is 2. The van der Waals surface area contributed by atoms with Crippen LogP contribution in [0, 0.1) is 5.82 Å². The second-order valence-electron chi connectivity index (χ2n) is 6.02. The molecule has 27 heavy (non-hydrogen) atoms. The zero-order valence-corrected chi connectivity index (χ0v) is 14.5. The van der Waals surface area contributed by atoms with Gasteiger partial charge in [-0.15, -0.1) is 0 Å². The normalized spacial score (nSPS) is 10.9. The van der Waals surface area contributed by atoms with Gasteiger partial charge in [-0.1, -0.05) is 6.07 Å². The second-order valence-corrected chi connectivity index (χ2v) is 6.02. The van der Waals surface area contributed by atoms with E-state index < -0.39 is 0 Å². The zero-order chi connectivity index (χ0) is 18.8. The number of anilines is 2. The molecule has 0 aliphatic rings. The highest BCUT2D eigenvalue weighted by molar-refractivity contribution is 5.79. The summed E-state index contributed by atoms with van der Waals surface area (Å²) in [5.74, 6) is 6.41. The topological polar surface area (TPSA) is 109 Å². The van der Waals surface area contributed by atoms with Crippen LogP contribution in [0.25, 0.3) is 22.2 Å². The molecular weight excluding hydrogens is 347 g/mol. The highest BCUT2D eigenvalue weighted by atomic mass is 19.1. The van der Waals surface area contributed by atoms with Crippen molar-refractivity contribution in [3.05, 3.63) is 60.4 Å². The van der Waals surface area contributed by atoms with Crippen LogP contribution in [0.3, 0.4) is 0 Å². The minimum absolute atomic E-state index is 0.223. The lowest BCUT2D eigenvalue weighted by molar-refractivity contribution is 0.614. The molecule has 3 aromatic heterocycles. The van der Waals surface area contributed by atoms with Gasteiger partial charge in [0.05, 0.1) is 23.6 Å². The second kappa shape index (κ2) is 6.96. The zero-order valence-electron chi connectivity index (χ0n) is 14.5. The number of halogens is 1. The Morgan fingerprint density at radius 1 is 1.26 bits per heavy atom. The lowest BCUT2D eigenvalue weighted by atomic mass is 10.1. The van der Waals surface area contributed by atoms with E-state index in [1.165, 1.54) is 11.1 Å². The van der Waals surface area contributed by atoms with Gasteiger partial charge in [0.15, 0.2) is 11.6 Å². The maximum absolute atomic E-state index is 14.4. The summed E-state index contributed by atoms with van der Waals surface area (Å²) >= 11 is 0. The molecule has 136 valence electrons. The molecule has 9 heteroatoms. The Balaban J connectivity index is 1.65. The van der Waals surface area contributed by atoms with Crippen molar-refractivity contribution in [2.75, 3.05) is 17.4 Å². The molecule has 0 amide bonds. The Bertz CT molecular complexity index is 1080. The molecule has 0 unspecified atom stereocenters. The van der Waals surface area contributed by atoms with Crippen molar-refractivity contribution >= 4 is 22.5 Å². The van der Waals surface area contributed by atoms with Crippen LogP contribution in [-0.2, 0) is 6.54 Å². The van der Waals surface area contributed by atoms with Crippen LogP contribution in [0.5, 0.6) is 0 Å². The molecule has 0 radical (unpaired) electrons. The van der Waals surface area contributed by atoms with Gasteiger partial charge in [-0.3, -0.25) is 15.1 Å². The largest absolute Gasteiger partial charge is 0.363 e. The molecular formula is C18H17FN8. The minimum atomic E-state index is -0.338. The summed E-state index contributed by atoms with van der Waals surface area (Å²) < 4.78 is 14.4. The smallest absolute Gasteiger partial charge is 0.185 e. The number of nitrogens with zero attached hydrogens (tertiary/aromatic N) is 5. The lowest BCUT2D eigenvalue weighted by Gasteiger charge is -2.17. The summed E-state index contributed by atoms with van der Waals surface area (Å²) in [6.07, 6.45) is 6.61. The van der Waals surface area contributed by atoms with Gasteiger partial charge in [0.25, 0.3) is 0 Å². The number of H-pyrrole nitrogens is 1. The third-order valence-corrected chi connectivity index (χ3v) is 4.10. The quantitative estimate of drug-likeness (QED) is 0.369. The summed E-state index contributed by atoms with van der Waals surface area (Å²) in [5, 5.41) is 12.0. The molecule has 0 fully saturated rings. The van der Waals surface area contributed by atoms with Gasteiger partial charge >= 0.3 is 0 Å². The summed E-state index contributed by atoms with van der Waals surface area (Å²) in [6.45, 7) is 0.223. The first kappa shape index (κ1) is 16.9. The monoisotopic (exact) mass is 364 g/mol. The average Bonchev–Trinajstić information content (AvgIpc) is 3.21. The standard InChI is InChI=1S/C18H17FN8/c1-27(20)18-17(26-16(10-23-18)13-8-24-25-9-13)22-7-12-5-11-3-2-4-21-15(11)6-14(12)19/h2-6,8-10H,7,20H2,1H3,(H,22,26)(H,24,25). The third-order valence-electron chi connectivity index (χ3n) is 4.10. The first-order valence-electron chi connectivity index (χ1n) is 8.23. The van der Waals surface area contributed by atoms with E-state index in [9.17, 15) is 4.39 Å².